The number of aliphatic carboxylic acids is 1. The largest absolute Gasteiger partial charge is 0.481 e. The molecule has 23 heavy (non-hydrogen) atoms. The Morgan fingerprint density at radius 3 is 2.09 bits per heavy atom. The van der Waals surface area contributed by atoms with Crippen molar-refractivity contribution in [3.63, 3.8) is 0 Å². The van der Waals surface area contributed by atoms with Crippen LogP contribution in [0.5, 0.6) is 0 Å². The summed E-state index contributed by atoms with van der Waals surface area (Å²) in [5.74, 6) is -0.659. The highest BCUT2D eigenvalue weighted by molar-refractivity contribution is 5.82. The third-order valence-electron chi connectivity index (χ3n) is 5.70. The Kier molecular flexibility index (Phi) is 4.62. The fourth-order valence-corrected chi connectivity index (χ4v) is 4.09. The van der Waals surface area contributed by atoms with Gasteiger partial charge in [-0.2, -0.15) is 0 Å². The number of carbonyl (C=O) groups is 1. The zero-order valence-corrected chi connectivity index (χ0v) is 14.3. The minimum absolute atomic E-state index is 0.609. The molecular formula is C19H28N2O2. The molecule has 4 heteroatoms. The molecule has 4 nitrogen and oxygen atoms in total. The van der Waals surface area contributed by atoms with Gasteiger partial charge in [-0.25, -0.2) is 0 Å². The predicted molar refractivity (Wildman–Crippen MR) is 93.1 cm³/mol. The van der Waals surface area contributed by atoms with E-state index in [9.17, 15) is 9.90 Å². The second-order valence-corrected chi connectivity index (χ2v) is 7.26. The maximum Gasteiger partial charge on any atom is 0.314 e. The van der Waals surface area contributed by atoms with Crippen LogP contribution in [0.15, 0.2) is 24.3 Å². The molecule has 0 spiro atoms. The molecular weight excluding hydrogens is 288 g/mol. The molecule has 2 aliphatic rings. The molecule has 126 valence electrons. The van der Waals surface area contributed by atoms with Crippen molar-refractivity contribution in [1.29, 1.82) is 0 Å². The lowest BCUT2D eigenvalue weighted by Gasteiger charge is -2.38. The predicted octanol–water partition coefficient (Wildman–Crippen LogP) is 3.11. The van der Waals surface area contributed by atoms with Crippen LogP contribution in [0, 0.1) is 0 Å². The van der Waals surface area contributed by atoms with Gasteiger partial charge in [-0.3, -0.25) is 9.69 Å². The highest BCUT2D eigenvalue weighted by Crippen LogP contribution is 2.41. The summed E-state index contributed by atoms with van der Waals surface area (Å²) in [7, 11) is 0. The van der Waals surface area contributed by atoms with E-state index in [1.54, 1.807) is 0 Å². The first-order valence-electron chi connectivity index (χ1n) is 8.86. The van der Waals surface area contributed by atoms with Gasteiger partial charge in [-0.1, -0.05) is 25.0 Å². The Bertz CT molecular complexity index is 539. The van der Waals surface area contributed by atoms with Crippen LogP contribution >= 0.6 is 0 Å². The monoisotopic (exact) mass is 316 g/mol. The SMILES string of the molecule is CC(C)N1CCN(c2ccc(C3(C(=O)O)CCCC3)cc2)CC1. The van der Waals surface area contributed by atoms with Crippen molar-refractivity contribution in [1.82, 2.24) is 4.90 Å². The number of rotatable bonds is 4. The number of hydrogen-bond acceptors (Lipinski definition) is 3. The van der Waals surface area contributed by atoms with Crippen LogP contribution in [0.2, 0.25) is 0 Å². The third kappa shape index (κ3) is 3.09. The number of nitrogens with zero attached hydrogens (tertiary/aromatic N) is 2. The number of anilines is 1. The van der Waals surface area contributed by atoms with Gasteiger partial charge in [0.2, 0.25) is 0 Å². The van der Waals surface area contributed by atoms with E-state index in [0.29, 0.717) is 6.04 Å². The van der Waals surface area contributed by atoms with Crippen LogP contribution in [0.25, 0.3) is 0 Å². The van der Waals surface area contributed by atoms with E-state index in [-0.39, 0.29) is 0 Å². The van der Waals surface area contributed by atoms with Crippen LogP contribution in [0.4, 0.5) is 5.69 Å². The van der Waals surface area contributed by atoms with Crippen LogP contribution in [-0.4, -0.2) is 48.2 Å². The van der Waals surface area contributed by atoms with Crippen LogP contribution in [-0.2, 0) is 10.2 Å². The van der Waals surface area contributed by atoms with Gasteiger partial charge in [-0.15, -0.1) is 0 Å². The molecule has 1 aromatic carbocycles. The first kappa shape index (κ1) is 16.3. The van der Waals surface area contributed by atoms with Crippen molar-refractivity contribution >= 4 is 11.7 Å². The van der Waals surface area contributed by atoms with Gasteiger partial charge in [0.05, 0.1) is 5.41 Å². The Morgan fingerprint density at radius 1 is 1.04 bits per heavy atom. The third-order valence-corrected chi connectivity index (χ3v) is 5.70. The average Bonchev–Trinajstić information content (AvgIpc) is 3.06. The normalized spacial score (nSPS) is 21.8. The maximum absolute atomic E-state index is 11.8. The van der Waals surface area contributed by atoms with E-state index in [1.807, 2.05) is 12.1 Å². The topological polar surface area (TPSA) is 43.8 Å². The summed E-state index contributed by atoms with van der Waals surface area (Å²) < 4.78 is 0. The van der Waals surface area contributed by atoms with Gasteiger partial charge in [0.15, 0.2) is 0 Å². The van der Waals surface area contributed by atoms with E-state index in [0.717, 1.165) is 57.4 Å². The Labute approximate surface area is 139 Å². The van der Waals surface area contributed by atoms with Crippen molar-refractivity contribution in [3.05, 3.63) is 29.8 Å². The van der Waals surface area contributed by atoms with E-state index in [2.05, 4.69) is 35.8 Å². The second kappa shape index (κ2) is 6.52. The molecule has 1 aromatic rings. The lowest BCUT2D eigenvalue weighted by molar-refractivity contribution is -0.143. The Balaban J connectivity index is 1.72. The molecule has 0 atom stereocenters. The molecule has 0 radical (unpaired) electrons. The fraction of sp³-hybridized carbons (Fsp3) is 0.632. The Hall–Kier alpha value is -1.55. The van der Waals surface area contributed by atoms with Crippen LogP contribution < -0.4 is 4.90 Å². The van der Waals surface area contributed by atoms with Crippen LogP contribution in [0.1, 0.15) is 45.1 Å². The number of carboxylic acid groups (broad SMARTS) is 1. The lowest BCUT2D eigenvalue weighted by Crippen LogP contribution is -2.48. The minimum Gasteiger partial charge on any atom is -0.481 e. The number of benzene rings is 1. The first-order chi connectivity index (χ1) is 11.0. The van der Waals surface area contributed by atoms with E-state index in [4.69, 9.17) is 0 Å². The smallest absolute Gasteiger partial charge is 0.314 e. The maximum atomic E-state index is 11.8. The molecule has 0 bridgehead atoms. The minimum atomic E-state index is -0.659. The zero-order valence-electron chi connectivity index (χ0n) is 14.3. The highest BCUT2D eigenvalue weighted by atomic mass is 16.4. The molecule has 1 saturated carbocycles. The number of carboxylic acids is 1. The molecule has 3 rings (SSSR count). The second-order valence-electron chi connectivity index (χ2n) is 7.26. The van der Waals surface area contributed by atoms with Gasteiger partial charge in [0.25, 0.3) is 0 Å². The van der Waals surface area contributed by atoms with E-state index < -0.39 is 11.4 Å². The van der Waals surface area contributed by atoms with Crippen molar-refractivity contribution in [2.24, 2.45) is 0 Å². The Morgan fingerprint density at radius 2 is 1.61 bits per heavy atom. The van der Waals surface area contributed by atoms with E-state index in [1.165, 1.54) is 5.69 Å². The molecule has 1 N–H and O–H groups in total. The average molecular weight is 316 g/mol. The molecule has 0 amide bonds. The molecule has 1 aliphatic carbocycles. The quantitative estimate of drug-likeness (QED) is 0.927. The molecule has 1 aliphatic heterocycles. The summed E-state index contributed by atoms with van der Waals surface area (Å²) in [4.78, 5) is 16.7. The van der Waals surface area contributed by atoms with Crippen molar-refractivity contribution < 1.29 is 9.90 Å². The van der Waals surface area contributed by atoms with Crippen LogP contribution in [0.3, 0.4) is 0 Å². The molecule has 1 heterocycles. The summed E-state index contributed by atoms with van der Waals surface area (Å²) in [6.07, 6.45) is 3.58. The number of hydrogen-bond donors (Lipinski definition) is 1. The van der Waals surface area contributed by atoms with Crippen molar-refractivity contribution in [2.75, 3.05) is 31.1 Å². The first-order valence-corrected chi connectivity index (χ1v) is 8.86. The summed E-state index contributed by atoms with van der Waals surface area (Å²) >= 11 is 0. The van der Waals surface area contributed by atoms with Gasteiger partial charge < -0.3 is 10.0 Å². The summed E-state index contributed by atoms with van der Waals surface area (Å²) in [5.41, 5.74) is 1.55. The standard InChI is InChI=1S/C19H28N2O2/c1-15(2)20-11-13-21(14-12-20)17-7-5-16(6-8-17)19(18(22)23)9-3-4-10-19/h5-8,15H,3-4,9-14H2,1-2H3,(H,22,23). The van der Waals surface area contributed by atoms with Gasteiger partial charge in [0, 0.05) is 37.9 Å². The van der Waals surface area contributed by atoms with Gasteiger partial charge >= 0.3 is 5.97 Å². The highest BCUT2D eigenvalue weighted by Gasteiger charge is 2.42. The molecule has 2 fully saturated rings. The summed E-state index contributed by atoms with van der Waals surface area (Å²) in [6.45, 7) is 8.77. The zero-order chi connectivity index (χ0) is 16.4. The van der Waals surface area contributed by atoms with Crippen molar-refractivity contribution in [2.45, 2.75) is 51.0 Å². The van der Waals surface area contributed by atoms with Crippen molar-refractivity contribution in [3.8, 4) is 0 Å². The summed E-state index contributed by atoms with van der Waals surface area (Å²) in [6, 6.07) is 8.93. The summed E-state index contributed by atoms with van der Waals surface area (Å²) in [5, 5.41) is 9.70. The van der Waals surface area contributed by atoms with Gasteiger partial charge in [-0.05, 0) is 44.4 Å². The van der Waals surface area contributed by atoms with E-state index >= 15 is 0 Å². The molecule has 0 unspecified atom stereocenters. The molecule has 1 saturated heterocycles. The van der Waals surface area contributed by atoms with Gasteiger partial charge in [0.1, 0.15) is 0 Å². The number of piperazine rings is 1. The molecule has 0 aromatic heterocycles. The fourth-order valence-electron chi connectivity index (χ4n) is 4.09. The lowest BCUT2D eigenvalue weighted by atomic mass is 9.79.